The van der Waals surface area contributed by atoms with Crippen molar-refractivity contribution in [1.29, 1.82) is 0 Å². The molecule has 0 bridgehead atoms. The maximum atomic E-state index is 13.9. The molecule has 111 heavy (non-hydrogen) atoms. The van der Waals surface area contributed by atoms with Crippen molar-refractivity contribution in [3.8, 4) is 0 Å². The number of nitrogens with one attached hydrogen (secondary N) is 1. The number of aliphatic hydroxyl groups excluding tert-OH is 1. The topological polar surface area (TPSA) is 577 Å². The number of likely N-dealkylation sites (N-methyl/N-ethyl adjacent to an activating group) is 2. The van der Waals surface area contributed by atoms with Crippen LogP contribution >= 0.6 is 0 Å². The van der Waals surface area contributed by atoms with Gasteiger partial charge in [0.1, 0.15) is 86.0 Å². The number of nitrogens with two attached hydrogens (primary N) is 6. The molecular weight excluding hydrogens is 1420 g/mol. The molecule has 3 aromatic rings. The molecular formula is C82H184N14O15. The van der Waals surface area contributed by atoms with Gasteiger partial charge in [-0.3, -0.25) is 19.2 Å². The largest absolute Gasteiger partial charge is 0.394 e. The summed E-state index contributed by atoms with van der Waals surface area (Å²) in [6.07, 6.45) is 8.53. The van der Waals surface area contributed by atoms with Crippen LogP contribution in [0.2, 0.25) is 0 Å². The molecule has 4 rings (SSSR count). The monoisotopic (exact) mass is 1610 g/mol. The molecule has 1 heterocycles. The Morgan fingerprint density at radius 1 is 0.396 bits per heavy atom. The number of nitrogens with zero attached hydrogens (tertiary/aromatic N) is 3. The molecule has 672 valence electrons. The molecule has 3 atom stereocenters. The highest BCUT2D eigenvalue weighted by Crippen LogP contribution is 2.17. The number of amides is 4. The predicted molar refractivity (Wildman–Crippen MR) is 482 cm³/mol. The van der Waals surface area contributed by atoms with Crippen molar-refractivity contribution in [1.82, 2.24) is 44.6 Å². The molecule has 29 nitrogen and oxygen atoms in total. The number of hydrogen-bond acceptors (Lipinski definition) is 25. The van der Waals surface area contributed by atoms with E-state index in [1.807, 2.05) is 176 Å². The maximum Gasteiger partial charge on any atom is 0.246 e. The lowest BCUT2D eigenvalue weighted by Crippen LogP contribution is -2.58. The summed E-state index contributed by atoms with van der Waals surface area (Å²) < 4.78 is 0. The number of piperidine rings is 1. The van der Waals surface area contributed by atoms with Crippen molar-refractivity contribution in [3.63, 3.8) is 0 Å². The Balaban J connectivity index is -0.0000000343. The van der Waals surface area contributed by atoms with Crippen LogP contribution in [0.5, 0.6) is 0 Å². The quantitative estimate of drug-likeness (QED) is 0.0713. The van der Waals surface area contributed by atoms with Crippen LogP contribution in [0.15, 0.2) is 91.0 Å². The summed E-state index contributed by atoms with van der Waals surface area (Å²) in [7, 11) is 12.2. The lowest BCUT2D eigenvalue weighted by molar-refractivity contribution is -0.147. The highest BCUT2D eigenvalue weighted by Gasteiger charge is 2.36. The SMILES string of the molecule is C=O.C=O.C=O.C=O.C=O.C=O.C=O.C=O.C=O.C=O.CC.CC.CC.CC(=O)N(C)[C@@H](Cc1ccccc1)C(=O)N(C)[C@@H](Cc1ccccc1)C(=O)N[C@@H](C)C(=O)N1CCCCC1.CC(C)C.CC(C)O.CCC(C)C.CCC(C)C.CCC(C)C.CCc1ccccc1.CN.CN.CN.CN.CN.CN.N.N.N.N. The average Bonchev–Trinajstić information content (AvgIpc) is 0.821. The van der Waals surface area contributed by atoms with Crippen molar-refractivity contribution >= 4 is 91.5 Å². The number of carbonyl (C=O) groups is 14. The molecule has 3 aromatic carbocycles. The molecule has 26 N–H and O–H groups in total. The molecule has 0 radical (unpaired) electrons. The first-order valence-electron chi connectivity index (χ1n) is 35.6. The van der Waals surface area contributed by atoms with Gasteiger partial charge in [-0.2, -0.15) is 0 Å². The minimum atomic E-state index is -0.861. The zero-order valence-electron chi connectivity index (χ0n) is 76.9. The molecule has 4 amide bonds. The summed E-state index contributed by atoms with van der Waals surface area (Å²) in [5.41, 5.74) is 30.2. The molecule has 0 aromatic heterocycles. The van der Waals surface area contributed by atoms with E-state index in [0.29, 0.717) is 19.5 Å². The van der Waals surface area contributed by atoms with E-state index in [9.17, 15) is 19.2 Å². The molecule has 0 unspecified atom stereocenters. The van der Waals surface area contributed by atoms with Gasteiger partial charge in [0.25, 0.3) is 0 Å². The Bertz CT molecular complexity index is 1850. The summed E-state index contributed by atoms with van der Waals surface area (Å²) in [4.78, 5) is 137. The molecule has 1 fully saturated rings. The van der Waals surface area contributed by atoms with E-state index in [1.165, 1.54) is 83.8 Å². The Morgan fingerprint density at radius 3 is 0.775 bits per heavy atom. The first kappa shape index (κ1) is 181. The minimum absolute atomic E-state index is 0. The van der Waals surface area contributed by atoms with Gasteiger partial charge in [0, 0.05) is 53.1 Å². The minimum Gasteiger partial charge on any atom is -0.394 e. The highest BCUT2D eigenvalue weighted by atomic mass is 16.3. The van der Waals surface area contributed by atoms with Gasteiger partial charge in [0.05, 0.1) is 0 Å². The first-order valence-corrected chi connectivity index (χ1v) is 35.6. The van der Waals surface area contributed by atoms with Crippen molar-refractivity contribution < 1.29 is 72.2 Å². The van der Waals surface area contributed by atoms with Crippen molar-refractivity contribution in [2.75, 3.05) is 69.5 Å². The van der Waals surface area contributed by atoms with E-state index in [0.717, 1.165) is 60.5 Å². The molecule has 29 heteroatoms. The van der Waals surface area contributed by atoms with E-state index < -0.39 is 24.0 Å². The summed E-state index contributed by atoms with van der Waals surface area (Å²) in [6.45, 7) is 68.5. The van der Waals surface area contributed by atoms with Gasteiger partial charge < -0.3 is 132 Å². The van der Waals surface area contributed by atoms with Crippen LogP contribution in [-0.2, 0) is 86.4 Å². The number of aliphatic hydroxyl groups is 1. The summed E-state index contributed by atoms with van der Waals surface area (Å²) in [5.74, 6) is 2.41. The van der Waals surface area contributed by atoms with E-state index in [2.05, 4.69) is 154 Å². The summed E-state index contributed by atoms with van der Waals surface area (Å²) >= 11 is 0. The van der Waals surface area contributed by atoms with Crippen LogP contribution in [0.4, 0.5) is 0 Å². The lowest BCUT2D eigenvalue weighted by Gasteiger charge is -2.35. The second-order valence-corrected chi connectivity index (χ2v) is 20.2. The van der Waals surface area contributed by atoms with E-state index in [1.54, 1.807) is 39.8 Å². The third-order valence-corrected chi connectivity index (χ3v) is 11.0. The number of hydrogen-bond donors (Lipinski definition) is 12. The number of rotatable bonds is 14. The van der Waals surface area contributed by atoms with E-state index in [-0.39, 0.29) is 54.8 Å². The average molecular weight is 1610 g/mol. The van der Waals surface area contributed by atoms with Crippen LogP contribution in [0.3, 0.4) is 0 Å². The zero-order valence-corrected chi connectivity index (χ0v) is 76.9. The van der Waals surface area contributed by atoms with Crippen molar-refractivity contribution in [2.45, 2.75) is 241 Å². The number of benzene rings is 3. The normalized spacial score (nSPS) is 8.80. The molecule has 0 spiro atoms. The second kappa shape index (κ2) is 195. The van der Waals surface area contributed by atoms with Crippen LogP contribution in [0.25, 0.3) is 0 Å². The zero-order chi connectivity index (χ0) is 91.5. The van der Waals surface area contributed by atoms with Gasteiger partial charge in [-0.25, -0.2) is 0 Å². The third-order valence-electron chi connectivity index (χ3n) is 11.0. The standard InChI is InChI=1S/C30H40N4O4.C8H10.3C5H12.C4H10.C3H8O.3C2H6.6CH5N.10CH2O.4H3N/c1-22(29(37)34-18-12-7-13-19-34)31-28(36)26(20-24-14-8-5-9-15-24)33(4)30(38)27(32(3)23(2)35)21-25-16-10-6-11-17-25;1-2-8-6-4-3-5-7-8;3*1-4-5(2)3;1-4(2)3;1-3(2)4;19*1-2;;;;/h5-6,8-11,14-17,22,26-27H,7,12-13,18-21H2,1-4H3,(H,31,36);3-7H,2H2,1H3;3*5H,4H2,1-3H3;4H,1-3H3;3-4H,1-2H3;3*1-2H3;6*2H2,1H3;10*1H2;4*1H3/t22-,26-,27-;;;;;;;;;;;;;;;;;;;;;;;;;;;;;/m0............................./s1. The van der Waals surface area contributed by atoms with E-state index >= 15 is 0 Å². The molecule has 0 saturated carbocycles. The van der Waals surface area contributed by atoms with Crippen LogP contribution in [-0.4, -0.2) is 205 Å². The predicted octanol–water partition coefficient (Wildman–Crippen LogP) is 12.4. The van der Waals surface area contributed by atoms with Crippen LogP contribution in [0.1, 0.15) is 214 Å². The van der Waals surface area contributed by atoms with Gasteiger partial charge in [-0.15, -0.1) is 0 Å². The van der Waals surface area contributed by atoms with E-state index in [4.69, 9.17) is 53.1 Å². The molecule has 1 aliphatic heterocycles. The fourth-order valence-corrected chi connectivity index (χ4v) is 5.55. The first-order chi connectivity index (χ1) is 51.4. The summed E-state index contributed by atoms with van der Waals surface area (Å²) in [5, 5.41) is 10.9. The smallest absolute Gasteiger partial charge is 0.246 e. The Labute approximate surface area is 682 Å². The van der Waals surface area contributed by atoms with Gasteiger partial charge in [0.2, 0.25) is 23.6 Å². The van der Waals surface area contributed by atoms with Crippen LogP contribution < -0.4 is 64.3 Å². The van der Waals surface area contributed by atoms with Gasteiger partial charge in [-0.05, 0) is 129 Å². The lowest BCUT2D eigenvalue weighted by atomic mass is 10.00. The highest BCUT2D eigenvalue weighted by molar-refractivity contribution is 5.94. The van der Waals surface area contributed by atoms with Gasteiger partial charge in [0.15, 0.2) is 0 Å². The molecule has 1 aliphatic rings. The number of likely N-dealkylation sites (tertiary alicyclic amines) is 1. The number of carbonyl (C=O) groups excluding carboxylic acids is 14. The third kappa shape index (κ3) is 176. The fraction of sp³-hybridized carbons (Fsp3) is 0.610. The van der Waals surface area contributed by atoms with Gasteiger partial charge in [-0.1, -0.05) is 242 Å². The summed E-state index contributed by atoms with van der Waals surface area (Å²) in [6, 6.07) is 27.1. The van der Waals surface area contributed by atoms with Gasteiger partial charge >= 0.3 is 0 Å². The Morgan fingerprint density at radius 2 is 0.595 bits per heavy atom. The maximum absolute atomic E-state index is 13.9. The second-order valence-electron chi connectivity index (χ2n) is 20.2. The molecule has 0 aliphatic carbocycles. The fourth-order valence-electron chi connectivity index (χ4n) is 5.55. The number of aryl methyl sites for hydroxylation is 1. The molecule has 1 saturated heterocycles. The van der Waals surface area contributed by atoms with Crippen LogP contribution in [0, 0.1) is 23.7 Å². The Kier molecular flexibility index (Phi) is 318. The van der Waals surface area contributed by atoms with Crippen molar-refractivity contribution in [3.05, 3.63) is 108 Å². The van der Waals surface area contributed by atoms with Crippen molar-refractivity contribution in [2.24, 2.45) is 58.1 Å². The Hall–Kier alpha value is -8.20.